The third-order valence-electron chi connectivity index (χ3n) is 2.41. The van der Waals surface area contributed by atoms with E-state index in [2.05, 4.69) is 0 Å². The van der Waals surface area contributed by atoms with E-state index in [1.807, 2.05) is 17.4 Å². The number of amides is 3. The van der Waals surface area contributed by atoms with Gasteiger partial charge in [0.05, 0.1) is 11.9 Å². The molecule has 0 fully saturated rings. The van der Waals surface area contributed by atoms with E-state index in [9.17, 15) is 9.59 Å². The molecule has 0 atom stereocenters. The number of imide groups is 1. The first kappa shape index (κ1) is 12.9. The van der Waals surface area contributed by atoms with Crippen LogP contribution in [0, 0.1) is 0 Å². The Labute approximate surface area is 108 Å². The lowest BCUT2D eigenvalue weighted by atomic mass is 10.2. The van der Waals surface area contributed by atoms with Crippen molar-refractivity contribution >= 4 is 22.9 Å². The maximum atomic E-state index is 11.3. The number of hydrogen-bond donors (Lipinski definition) is 3. The third kappa shape index (κ3) is 2.83. The Bertz CT molecular complexity index is 620. The summed E-state index contributed by atoms with van der Waals surface area (Å²) in [6, 6.07) is 6.26. The van der Waals surface area contributed by atoms with Gasteiger partial charge >= 0.3 is 6.03 Å². The topological polar surface area (TPSA) is 121 Å². The number of carbonyl (C=O) groups excluding carboxylic acids is 2. The molecule has 0 saturated carbocycles. The van der Waals surface area contributed by atoms with E-state index in [1.165, 1.54) is 0 Å². The maximum absolute atomic E-state index is 11.3. The van der Waals surface area contributed by atoms with E-state index < -0.39 is 11.9 Å². The maximum Gasteiger partial charge on any atom is 0.318 e. The van der Waals surface area contributed by atoms with Gasteiger partial charge in [-0.2, -0.15) is 0 Å². The van der Waals surface area contributed by atoms with Crippen molar-refractivity contribution in [3.05, 3.63) is 30.0 Å². The number of nitrogens with two attached hydrogens (primary N) is 2. The van der Waals surface area contributed by atoms with Gasteiger partial charge in [-0.25, -0.2) is 4.79 Å². The van der Waals surface area contributed by atoms with Crippen LogP contribution in [0.4, 0.5) is 4.79 Å². The number of para-hydroxylation sites is 1. The minimum absolute atomic E-state index is 0.140. The van der Waals surface area contributed by atoms with Gasteiger partial charge in [-0.05, 0) is 12.1 Å². The fourth-order valence-electron chi connectivity index (χ4n) is 1.68. The zero-order chi connectivity index (χ0) is 13.8. The summed E-state index contributed by atoms with van der Waals surface area (Å²) >= 11 is 0. The van der Waals surface area contributed by atoms with E-state index in [4.69, 9.17) is 20.6 Å². The predicted molar refractivity (Wildman–Crippen MR) is 67.3 cm³/mol. The predicted octanol–water partition coefficient (Wildman–Crippen LogP) is 0.465. The number of nitrogens with one attached hydrogen (secondary N) is 1. The minimum Gasteiger partial charge on any atom is -0.479 e. The summed E-state index contributed by atoms with van der Waals surface area (Å²) in [5, 5.41) is 2.62. The molecule has 1 aromatic heterocycles. The van der Waals surface area contributed by atoms with Crippen LogP contribution in [0.5, 0.6) is 5.75 Å². The zero-order valence-electron chi connectivity index (χ0n) is 10.0. The average Bonchev–Trinajstić information content (AvgIpc) is 2.73. The summed E-state index contributed by atoms with van der Waals surface area (Å²) in [6.07, 6.45) is 0. The van der Waals surface area contributed by atoms with Crippen LogP contribution in [0.25, 0.3) is 11.0 Å². The number of benzene rings is 1. The van der Waals surface area contributed by atoms with Gasteiger partial charge in [-0.1, -0.05) is 12.1 Å². The number of urea groups is 1. The highest BCUT2D eigenvalue weighted by molar-refractivity contribution is 5.94. The molecule has 0 unspecified atom stereocenters. The molecule has 100 valence electrons. The van der Waals surface area contributed by atoms with Crippen LogP contribution >= 0.6 is 0 Å². The number of ether oxygens (including phenoxy) is 1. The van der Waals surface area contributed by atoms with Crippen molar-refractivity contribution in [3.8, 4) is 5.75 Å². The molecule has 0 saturated heterocycles. The molecular formula is C12H13N3O4. The van der Waals surface area contributed by atoms with Gasteiger partial charge in [0.1, 0.15) is 5.58 Å². The monoisotopic (exact) mass is 263 g/mol. The van der Waals surface area contributed by atoms with Gasteiger partial charge in [0.2, 0.25) is 0 Å². The lowest BCUT2D eigenvalue weighted by molar-refractivity contribution is -0.121. The molecule has 2 rings (SSSR count). The van der Waals surface area contributed by atoms with Gasteiger partial charge in [0.15, 0.2) is 18.1 Å². The Morgan fingerprint density at radius 1 is 1.32 bits per heavy atom. The molecule has 0 radical (unpaired) electrons. The fraction of sp³-hybridized carbons (Fsp3) is 0.167. The Hall–Kier alpha value is -2.54. The number of furan rings is 1. The van der Waals surface area contributed by atoms with Crippen molar-refractivity contribution in [2.45, 2.75) is 6.54 Å². The summed E-state index contributed by atoms with van der Waals surface area (Å²) < 4.78 is 10.8. The highest BCUT2D eigenvalue weighted by Crippen LogP contribution is 2.32. The Morgan fingerprint density at radius 2 is 2.05 bits per heavy atom. The van der Waals surface area contributed by atoms with Crippen LogP contribution in [-0.2, 0) is 11.3 Å². The lowest BCUT2D eigenvalue weighted by Gasteiger charge is -2.05. The van der Waals surface area contributed by atoms with Gasteiger partial charge in [-0.3, -0.25) is 10.1 Å². The SMILES string of the molecule is NCc1oc2ccccc2c1OCC(=O)NC(N)=O. The van der Waals surface area contributed by atoms with Crippen molar-refractivity contribution in [2.75, 3.05) is 6.61 Å². The van der Waals surface area contributed by atoms with Crippen LogP contribution in [-0.4, -0.2) is 18.5 Å². The molecule has 2 aromatic rings. The van der Waals surface area contributed by atoms with E-state index in [0.29, 0.717) is 17.1 Å². The quantitative estimate of drug-likeness (QED) is 0.740. The first-order valence-electron chi connectivity index (χ1n) is 5.54. The highest BCUT2D eigenvalue weighted by Gasteiger charge is 2.15. The van der Waals surface area contributed by atoms with E-state index in [-0.39, 0.29) is 13.2 Å². The minimum atomic E-state index is -0.926. The van der Waals surface area contributed by atoms with Gasteiger partial charge in [0.25, 0.3) is 5.91 Å². The summed E-state index contributed by atoms with van der Waals surface area (Å²) in [5.41, 5.74) is 11.0. The largest absolute Gasteiger partial charge is 0.479 e. The zero-order valence-corrected chi connectivity index (χ0v) is 10.0. The summed E-state index contributed by atoms with van der Waals surface area (Å²) in [4.78, 5) is 21.8. The van der Waals surface area contributed by atoms with E-state index in [0.717, 1.165) is 5.39 Å². The molecule has 0 spiro atoms. The van der Waals surface area contributed by atoms with Crippen molar-refractivity contribution in [1.82, 2.24) is 5.32 Å². The smallest absolute Gasteiger partial charge is 0.318 e. The Kier molecular flexibility index (Phi) is 3.67. The molecule has 0 aliphatic heterocycles. The molecular weight excluding hydrogens is 250 g/mol. The third-order valence-corrected chi connectivity index (χ3v) is 2.41. The van der Waals surface area contributed by atoms with Crippen molar-refractivity contribution in [1.29, 1.82) is 0 Å². The second-order valence-corrected chi connectivity index (χ2v) is 3.76. The first-order chi connectivity index (χ1) is 9.11. The number of carbonyl (C=O) groups is 2. The number of primary amides is 1. The Balaban J connectivity index is 2.19. The lowest BCUT2D eigenvalue weighted by Crippen LogP contribution is -2.38. The van der Waals surface area contributed by atoms with E-state index >= 15 is 0 Å². The molecule has 1 aromatic carbocycles. The van der Waals surface area contributed by atoms with E-state index in [1.54, 1.807) is 12.1 Å². The van der Waals surface area contributed by atoms with Crippen molar-refractivity contribution in [3.63, 3.8) is 0 Å². The molecule has 0 bridgehead atoms. The van der Waals surface area contributed by atoms with Crippen LogP contribution in [0.15, 0.2) is 28.7 Å². The highest BCUT2D eigenvalue weighted by atomic mass is 16.5. The summed E-state index contributed by atoms with van der Waals surface area (Å²) in [5.74, 6) is 0.201. The standard InChI is InChI=1S/C12H13N3O4/c13-5-9-11(18-6-10(16)15-12(14)17)7-3-1-2-4-8(7)19-9/h1-4H,5-6,13H2,(H3,14,15,16,17). The molecule has 3 amide bonds. The first-order valence-corrected chi connectivity index (χ1v) is 5.54. The van der Waals surface area contributed by atoms with Crippen LogP contribution in [0.3, 0.4) is 0 Å². The van der Waals surface area contributed by atoms with Gasteiger partial charge in [-0.15, -0.1) is 0 Å². The molecule has 19 heavy (non-hydrogen) atoms. The van der Waals surface area contributed by atoms with Crippen molar-refractivity contribution < 1.29 is 18.7 Å². The number of fused-ring (bicyclic) bond motifs is 1. The fourth-order valence-corrected chi connectivity index (χ4v) is 1.68. The molecule has 7 heteroatoms. The molecule has 5 N–H and O–H groups in total. The van der Waals surface area contributed by atoms with Crippen LogP contribution in [0.1, 0.15) is 5.76 Å². The second-order valence-electron chi connectivity index (χ2n) is 3.76. The summed E-state index contributed by atoms with van der Waals surface area (Å²) in [7, 11) is 0. The second kappa shape index (κ2) is 5.40. The van der Waals surface area contributed by atoms with Gasteiger partial charge < -0.3 is 20.6 Å². The molecule has 1 heterocycles. The molecule has 0 aliphatic carbocycles. The van der Waals surface area contributed by atoms with Gasteiger partial charge in [0, 0.05) is 0 Å². The number of hydrogen-bond acceptors (Lipinski definition) is 5. The van der Waals surface area contributed by atoms with Crippen LogP contribution in [0.2, 0.25) is 0 Å². The normalized spacial score (nSPS) is 10.4. The number of rotatable bonds is 4. The average molecular weight is 263 g/mol. The molecule has 7 nitrogen and oxygen atoms in total. The van der Waals surface area contributed by atoms with Crippen molar-refractivity contribution in [2.24, 2.45) is 11.5 Å². The summed E-state index contributed by atoms with van der Waals surface area (Å²) in [6.45, 7) is -0.207. The van der Waals surface area contributed by atoms with Crippen LogP contribution < -0.4 is 21.5 Å². The Morgan fingerprint density at radius 3 is 2.74 bits per heavy atom. The molecule has 0 aliphatic rings.